The molecule has 7 nitrogen and oxygen atoms in total. The van der Waals surface area contributed by atoms with Crippen molar-refractivity contribution in [2.75, 3.05) is 10.8 Å². The normalized spacial score (nSPS) is 10.8. The first-order valence-corrected chi connectivity index (χ1v) is 11.9. The van der Waals surface area contributed by atoms with Crippen LogP contribution in [0.1, 0.15) is 30.5 Å². The van der Waals surface area contributed by atoms with E-state index in [2.05, 4.69) is 4.98 Å². The SMILES string of the molecule is Cc1ccc(N(CC(C)C)S(=O)(=O)c2ccc(OCc3ccncc3)cc2)c(C)c1.O=CO. The van der Waals surface area contributed by atoms with Crippen molar-refractivity contribution in [3.63, 3.8) is 0 Å². The van der Waals surface area contributed by atoms with E-state index in [1.807, 2.05) is 58.0 Å². The molecule has 0 spiro atoms. The number of anilines is 1. The van der Waals surface area contributed by atoms with Gasteiger partial charge in [-0.2, -0.15) is 0 Å². The minimum atomic E-state index is -3.70. The van der Waals surface area contributed by atoms with Crippen LogP contribution in [0.4, 0.5) is 5.69 Å². The van der Waals surface area contributed by atoms with Crippen molar-refractivity contribution in [1.82, 2.24) is 4.98 Å². The number of ether oxygens (including phenoxy) is 1. The summed E-state index contributed by atoms with van der Waals surface area (Å²) in [5.41, 5.74) is 3.76. The summed E-state index contributed by atoms with van der Waals surface area (Å²) in [6.07, 6.45) is 3.43. The maximum Gasteiger partial charge on any atom is 0.290 e. The fourth-order valence-corrected chi connectivity index (χ4v) is 4.92. The van der Waals surface area contributed by atoms with E-state index in [0.717, 1.165) is 16.7 Å². The highest BCUT2D eigenvalue weighted by molar-refractivity contribution is 7.92. The lowest BCUT2D eigenvalue weighted by Crippen LogP contribution is -2.34. The minimum absolute atomic E-state index is 0.184. The first kappa shape index (κ1) is 25.9. The monoisotopic (exact) mass is 470 g/mol. The third kappa shape index (κ3) is 7.32. The summed E-state index contributed by atoms with van der Waals surface area (Å²) >= 11 is 0. The molecule has 2 aromatic carbocycles. The van der Waals surface area contributed by atoms with E-state index in [9.17, 15) is 8.42 Å². The molecule has 0 aliphatic rings. The average molecular weight is 471 g/mol. The molecular weight excluding hydrogens is 440 g/mol. The molecule has 33 heavy (non-hydrogen) atoms. The standard InChI is InChI=1S/C24H28N2O3S.CH2O2/c1-18(2)16-26(24-10-5-19(3)15-20(24)4)30(27,28)23-8-6-22(7-9-23)29-17-21-11-13-25-14-12-21;2-1-3/h5-15,18H,16-17H2,1-4H3;1H,(H,2,3). The summed E-state index contributed by atoms with van der Waals surface area (Å²) in [4.78, 5) is 12.6. The molecular formula is C25H30N2O5S. The summed E-state index contributed by atoms with van der Waals surface area (Å²) in [6.45, 7) is 8.54. The molecule has 0 saturated heterocycles. The Morgan fingerprint density at radius 1 is 1.03 bits per heavy atom. The Morgan fingerprint density at radius 2 is 1.64 bits per heavy atom. The molecule has 0 aliphatic heterocycles. The van der Waals surface area contributed by atoms with Crippen molar-refractivity contribution in [1.29, 1.82) is 0 Å². The second-order valence-corrected chi connectivity index (χ2v) is 9.80. The predicted octanol–water partition coefficient (Wildman–Crippen LogP) is 4.83. The number of aryl methyl sites for hydroxylation is 2. The largest absolute Gasteiger partial charge is 0.489 e. The van der Waals surface area contributed by atoms with Gasteiger partial charge in [0.15, 0.2) is 0 Å². The molecule has 1 heterocycles. The van der Waals surface area contributed by atoms with Crippen molar-refractivity contribution in [3.05, 3.63) is 83.7 Å². The number of pyridine rings is 1. The molecule has 0 atom stereocenters. The Hall–Kier alpha value is -3.39. The molecule has 0 aliphatic carbocycles. The first-order valence-electron chi connectivity index (χ1n) is 10.5. The Balaban J connectivity index is 0.00000122. The van der Waals surface area contributed by atoms with E-state index >= 15 is 0 Å². The van der Waals surface area contributed by atoms with Crippen LogP contribution >= 0.6 is 0 Å². The van der Waals surface area contributed by atoms with Crippen LogP contribution in [-0.4, -0.2) is 31.5 Å². The van der Waals surface area contributed by atoms with Gasteiger partial charge in [-0.3, -0.25) is 14.1 Å². The molecule has 0 amide bonds. The van der Waals surface area contributed by atoms with Gasteiger partial charge in [0.2, 0.25) is 0 Å². The molecule has 0 fully saturated rings. The number of hydrogen-bond donors (Lipinski definition) is 1. The van der Waals surface area contributed by atoms with Crippen molar-refractivity contribution in [2.24, 2.45) is 5.92 Å². The Bertz CT molecular complexity index is 1130. The van der Waals surface area contributed by atoms with Crippen LogP contribution < -0.4 is 9.04 Å². The van der Waals surface area contributed by atoms with E-state index in [-0.39, 0.29) is 17.3 Å². The lowest BCUT2D eigenvalue weighted by Gasteiger charge is -2.28. The summed E-state index contributed by atoms with van der Waals surface area (Å²) in [7, 11) is -3.70. The van der Waals surface area contributed by atoms with E-state index in [1.165, 1.54) is 4.31 Å². The highest BCUT2D eigenvalue weighted by Gasteiger charge is 2.26. The summed E-state index contributed by atoms with van der Waals surface area (Å²) in [6, 6.07) is 16.2. The lowest BCUT2D eigenvalue weighted by molar-refractivity contribution is -0.122. The van der Waals surface area contributed by atoms with Gasteiger partial charge in [-0.1, -0.05) is 31.5 Å². The Labute approximate surface area is 195 Å². The van der Waals surface area contributed by atoms with Crippen LogP contribution in [0.3, 0.4) is 0 Å². The second kappa shape index (κ2) is 12.0. The van der Waals surface area contributed by atoms with Crippen LogP contribution in [0.25, 0.3) is 0 Å². The molecule has 0 unspecified atom stereocenters. The van der Waals surface area contributed by atoms with Gasteiger partial charge in [0, 0.05) is 18.9 Å². The van der Waals surface area contributed by atoms with Gasteiger partial charge >= 0.3 is 0 Å². The molecule has 3 aromatic rings. The molecule has 0 radical (unpaired) electrons. The van der Waals surface area contributed by atoms with Gasteiger partial charge in [-0.25, -0.2) is 8.42 Å². The van der Waals surface area contributed by atoms with Crippen LogP contribution in [0.15, 0.2) is 71.9 Å². The van der Waals surface area contributed by atoms with Crippen molar-refractivity contribution in [2.45, 2.75) is 39.2 Å². The number of hydrogen-bond acceptors (Lipinski definition) is 5. The lowest BCUT2D eigenvalue weighted by atomic mass is 10.1. The van der Waals surface area contributed by atoms with Gasteiger partial charge in [-0.05, 0) is 73.4 Å². The highest BCUT2D eigenvalue weighted by Crippen LogP contribution is 2.29. The number of rotatable bonds is 8. The molecule has 1 aromatic heterocycles. The van der Waals surface area contributed by atoms with E-state index in [4.69, 9.17) is 14.6 Å². The van der Waals surface area contributed by atoms with Crippen LogP contribution in [0.5, 0.6) is 5.75 Å². The van der Waals surface area contributed by atoms with Gasteiger partial charge < -0.3 is 9.84 Å². The number of carbonyl (C=O) groups is 1. The third-order valence-electron chi connectivity index (χ3n) is 4.72. The Kier molecular flexibility index (Phi) is 9.42. The van der Waals surface area contributed by atoms with Crippen molar-refractivity contribution >= 4 is 22.2 Å². The van der Waals surface area contributed by atoms with Crippen LogP contribution in [-0.2, 0) is 21.4 Å². The number of aromatic nitrogens is 1. The Morgan fingerprint density at radius 3 is 2.18 bits per heavy atom. The van der Waals surface area contributed by atoms with Gasteiger partial charge in [-0.15, -0.1) is 0 Å². The van der Waals surface area contributed by atoms with Crippen LogP contribution in [0, 0.1) is 19.8 Å². The molecule has 176 valence electrons. The highest BCUT2D eigenvalue weighted by atomic mass is 32.2. The molecule has 1 N–H and O–H groups in total. The summed E-state index contributed by atoms with van der Waals surface area (Å²) in [5.74, 6) is 0.802. The molecule has 0 bridgehead atoms. The number of nitrogens with zero attached hydrogens (tertiary/aromatic N) is 2. The van der Waals surface area contributed by atoms with Crippen LogP contribution in [0.2, 0.25) is 0 Å². The van der Waals surface area contributed by atoms with Gasteiger partial charge in [0.1, 0.15) is 12.4 Å². The number of sulfonamides is 1. The molecule has 0 saturated carbocycles. The smallest absolute Gasteiger partial charge is 0.290 e. The summed E-state index contributed by atoms with van der Waals surface area (Å²) in [5, 5.41) is 6.89. The van der Waals surface area contributed by atoms with Gasteiger partial charge in [0.25, 0.3) is 16.5 Å². The fourth-order valence-electron chi connectivity index (χ4n) is 3.22. The predicted molar refractivity (Wildman–Crippen MR) is 129 cm³/mol. The van der Waals surface area contributed by atoms with E-state index < -0.39 is 10.0 Å². The van der Waals surface area contributed by atoms with E-state index in [1.54, 1.807) is 36.7 Å². The number of carboxylic acid groups (broad SMARTS) is 1. The maximum absolute atomic E-state index is 13.5. The summed E-state index contributed by atoms with van der Waals surface area (Å²) < 4.78 is 34.2. The zero-order valence-electron chi connectivity index (χ0n) is 19.3. The van der Waals surface area contributed by atoms with Crippen molar-refractivity contribution in [3.8, 4) is 5.75 Å². The zero-order valence-corrected chi connectivity index (χ0v) is 20.1. The van der Waals surface area contributed by atoms with Gasteiger partial charge in [0.05, 0.1) is 10.6 Å². The quantitative estimate of drug-likeness (QED) is 0.474. The van der Waals surface area contributed by atoms with Crippen molar-refractivity contribution < 1.29 is 23.1 Å². The first-order chi connectivity index (χ1) is 15.7. The molecule has 3 rings (SSSR count). The fraction of sp³-hybridized carbons (Fsp3) is 0.280. The third-order valence-corrected chi connectivity index (χ3v) is 6.51. The van der Waals surface area contributed by atoms with E-state index in [0.29, 0.717) is 24.6 Å². The average Bonchev–Trinajstić information content (AvgIpc) is 2.78. The second-order valence-electron chi connectivity index (χ2n) is 7.94. The molecule has 8 heteroatoms. The minimum Gasteiger partial charge on any atom is -0.489 e. The zero-order chi connectivity index (χ0) is 24.4. The number of benzene rings is 2. The topological polar surface area (TPSA) is 96.8 Å². The maximum atomic E-state index is 13.5.